The van der Waals surface area contributed by atoms with Crippen LogP contribution in [0.5, 0.6) is 0 Å². The molecule has 9 rings (SSSR count). The zero-order chi connectivity index (χ0) is 70.1. The second kappa shape index (κ2) is 28.8. The van der Waals surface area contributed by atoms with E-state index in [4.69, 9.17) is 5.73 Å². The Morgan fingerprint density at radius 2 is 0.708 bits per heavy atom. The lowest BCUT2D eigenvalue weighted by atomic mass is 9.95. The van der Waals surface area contributed by atoms with Crippen molar-refractivity contribution < 1.29 is 78.0 Å². The van der Waals surface area contributed by atoms with Crippen LogP contribution in [0.3, 0.4) is 0 Å². The fourth-order valence-electron chi connectivity index (χ4n) is 12.3. The van der Waals surface area contributed by atoms with Crippen LogP contribution in [0, 0.1) is 0 Å². The zero-order valence-corrected chi connectivity index (χ0v) is 56.4. The van der Waals surface area contributed by atoms with Crippen molar-refractivity contribution in [3.63, 3.8) is 0 Å². The molecule has 5 saturated heterocycles. The smallest absolute Gasteiger partial charge is 0.327 e. The molecule has 5 aliphatic heterocycles. The summed E-state index contributed by atoms with van der Waals surface area (Å²) in [4.78, 5) is 171. The monoisotopic (exact) mass is 1400 g/mol. The number of hydrogen-bond donors (Lipinski definition) is 15. The molecule has 4 aromatic carbocycles. The number of rotatable bonds is 25. The molecular weight excluding hydrogens is 1320 g/mol. The van der Waals surface area contributed by atoms with Gasteiger partial charge in [0.2, 0.25) is 47.3 Å². The van der Waals surface area contributed by atoms with Gasteiger partial charge >= 0.3 is 23.9 Å². The molecule has 32 heteroatoms. The van der Waals surface area contributed by atoms with E-state index in [-0.39, 0.29) is 16.7 Å². The van der Waals surface area contributed by atoms with E-state index in [1.54, 1.807) is 128 Å². The summed E-state index contributed by atoms with van der Waals surface area (Å²) in [7, 11) is 0. The van der Waals surface area contributed by atoms with Crippen molar-refractivity contribution in [3.05, 3.63) is 144 Å². The number of β-lactam (4-membered cyclic amide) rings is 1. The van der Waals surface area contributed by atoms with Crippen molar-refractivity contribution in [2.24, 2.45) is 5.73 Å². The number of carbonyl (C=O) groups is 12. The average Bonchev–Trinajstić information content (AvgIpc) is 1.55. The summed E-state index contributed by atoms with van der Waals surface area (Å²) < 4.78 is -4.35. The summed E-state index contributed by atoms with van der Waals surface area (Å²) >= 11 is 4.15. The summed E-state index contributed by atoms with van der Waals surface area (Å²) in [6.07, 6.45) is 0. The molecule has 5 aliphatic rings. The minimum Gasteiger partial charge on any atom is -0.480 e. The van der Waals surface area contributed by atoms with Crippen LogP contribution in [-0.4, -0.2) is 185 Å². The Balaban J connectivity index is 1.04. The van der Waals surface area contributed by atoms with Crippen LogP contribution in [0.4, 0.5) is 0 Å². The molecule has 8 amide bonds. The van der Waals surface area contributed by atoms with Crippen LogP contribution in [0.25, 0.3) is 0 Å². The standard InChI is InChI=1S/C64H76N12O16S4/c1-61(2)41(57(85)86)73-52(93-61)37(69-45(77)33(65)29-21-13-9-14-22-29)49(81)66-34(30-23-15-10-16-24-30)46(78)70-38(53-74-42(58(87)88)62(3,4)94-53)50(82)67-35(31-25-17-11-18-26-31)47(79)71-39(54-75-43(59(89)90)63(5,6)95-54)51(83)68-36(32-27-19-12-20-28-32)48(80)72-40-55(84)76-44(60(91)92)64(7,8)96-56(40)76/h9-28,33-44,52-54,56,73-75H,65H2,1-8H3,(H,66,81)(H,67,82)(H,68,83)(H,69,77)(H,70,78)(H,71,79)(H,72,80)(H,85,86)(H,87,88)(H,89,90)(H,91,92). The lowest BCUT2D eigenvalue weighted by molar-refractivity contribution is -0.161. The van der Waals surface area contributed by atoms with E-state index < -0.39 is 184 Å². The second-order valence-corrected chi connectivity index (χ2v) is 32.9. The van der Waals surface area contributed by atoms with Gasteiger partial charge in [-0.15, -0.1) is 47.0 Å². The number of amides is 8. The molecule has 0 aromatic heterocycles. The number of fused-ring (bicyclic) bond motifs is 1. The van der Waals surface area contributed by atoms with E-state index in [9.17, 15) is 54.0 Å². The van der Waals surface area contributed by atoms with Crippen molar-refractivity contribution >= 4 is 118 Å². The van der Waals surface area contributed by atoms with E-state index in [1.807, 2.05) is 0 Å². The number of carboxylic acid groups (broad SMARTS) is 4. The first-order valence-electron chi connectivity index (χ1n) is 30.4. The van der Waals surface area contributed by atoms with Crippen molar-refractivity contribution in [2.45, 2.75) is 168 Å². The maximum atomic E-state index is 15.5. The molecule has 0 bridgehead atoms. The number of nitrogens with one attached hydrogen (secondary N) is 10. The van der Waals surface area contributed by atoms with Crippen LogP contribution in [0.2, 0.25) is 0 Å². The molecule has 16 unspecified atom stereocenters. The van der Waals surface area contributed by atoms with Gasteiger partial charge in [-0.3, -0.25) is 68.7 Å². The number of nitrogens with two attached hydrogens (primary N) is 1. The van der Waals surface area contributed by atoms with E-state index in [1.165, 1.54) is 65.2 Å². The minimum atomic E-state index is -1.84. The third-order valence-corrected chi connectivity index (χ3v) is 23.3. The molecule has 0 radical (unpaired) electrons. The van der Waals surface area contributed by atoms with Gasteiger partial charge in [-0.25, -0.2) is 4.79 Å². The number of hydrogen-bond acceptors (Lipinski definition) is 20. The summed E-state index contributed by atoms with van der Waals surface area (Å²) in [5.74, 6) is -12.8. The topological polar surface area (TPSA) is 435 Å². The molecule has 28 nitrogen and oxygen atoms in total. The Morgan fingerprint density at radius 1 is 0.406 bits per heavy atom. The SMILES string of the molecule is CC1(C)SC(C(NC(=O)C(N)c2ccccc2)C(=O)NC(C(=O)NC(C(=O)NC(C(=O)NC(C(=O)NC(C(=O)NC2C(=O)N3C2SC(C)(C)C3C(=O)O)c2ccccc2)C2NC(C(=O)O)C(C)(C)S2)c2ccccc2)C2NC(C(=O)O)C(C)(C)S2)c2ccccc2)NC1C(=O)O. The molecule has 4 aromatic rings. The largest absolute Gasteiger partial charge is 0.480 e. The Kier molecular flexibility index (Phi) is 21.6. The lowest BCUT2D eigenvalue weighted by Crippen LogP contribution is -2.71. The van der Waals surface area contributed by atoms with Crippen LogP contribution < -0.4 is 58.9 Å². The summed E-state index contributed by atoms with van der Waals surface area (Å²) in [6, 6.07) is 13.3. The number of benzene rings is 4. The van der Waals surface area contributed by atoms with Gasteiger partial charge in [0.1, 0.15) is 77.9 Å². The quantitative estimate of drug-likeness (QED) is 0.0412. The molecule has 16 atom stereocenters. The molecule has 512 valence electrons. The first-order valence-corrected chi connectivity index (χ1v) is 33.9. The molecular formula is C64H76N12O16S4. The van der Waals surface area contributed by atoms with Crippen LogP contribution in [0.15, 0.2) is 121 Å². The van der Waals surface area contributed by atoms with Gasteiger partial charge in [0.15, 0.2) is 0 Å². The Labute approximate surface area is 568 Å². The number of nitrogens with zero attached hydrogens (tertiary/aromatic N) is 1. The maximum Gasteiger partial charge on any atom is 0.327 e. The molecule has 0 spiro atoms. The predicted molar refractivity (Wildman–Crippen MR) is 357 cm³/mol. The van der Waals surface area contributed by atoms with Crippen LogP contribution in [0.1, 0.15) is 102 Å². The molecule has 16 N–H and O–H groups in total. The zero-order valence-electron chi connectivity index (χ0n) is 53.1. The van der Waals surface area contributed by atoms with Gasteiger partial charge in [0.25, 0.3) is 0 Å². The van der Waals surface area contributed by atoms with Crippen molar-refractivity contribution in [1.82, 2.24) is 58.1 Å². The van der Waals surface area contributed by atoms with E-state index in [0.29, 0.717) is 5.56 Å². The molecule has 0 aliphatic carbocycles. The lowest BCUT2D eigenvalue weighted by Gasteiger charge is -2.44. The van der Waals surface area contributed by atoms with Gasteiger partial charge in [0.05, 0.1) is 16.1 Å². The minimum absolute atomic E-state index is 0.0965. The van der Waals surface area contributed by atoms with E-state index in [0.717, 1.165) is 35.3 Å². The van der Waals surface area contributed by atoms with Gasteiger partial charge < -0.3 is 68.3 Å². The van der Waals surface area contributed by atoms with Crippen molar-refractivity contribution in [1.29, 1.82) is 0 Å². The van der Waals surface area contributed by atoms with Crippen molar-refractivity contribution in [2.75, 3.05) is 0 Å². The molecule has 5 fully saturated rings. The summed E-state index contributed by atoms with van der Waals surface area (Å²) in [5, 5.41) is 64.3. The normalized spacial score (nSPS) is 26.2. The van der Waals surface area contributed by atoms with E-state index >= 15 is 24.0 Å². The fraction of sp³-hybridized carbons (Fsp3) is 0.438. The number of aliphatic carboxylic acids is 4. The highest BCUT2D eigenvalue weighted by Gasteiger charge is 2.65. The predicted octanol–water partition coefficient (Wildman–Crippen LogP) is 1.03. The van der Waals surface area contributed by atoms with E-state index in [2.05, 4.69) is 53.2 Å². The molecule has 96 heavy (non-hydrogen) atoms. The fourth-order valence-corrected chi connectivity index (χ4v) is 18.4. The number of thioether (sulfide) groups is 4. The third kappa shape index (κ3) is 15.4. The second-order valence-electron chi connectivity index (χ2n) is 25.7. The van der Waals surface area contributed by atoms with Gasteiger partial charge in [-0.05, 0) is 77.6 Å². The first kappa shape index (κ1) is 72.0. The summed E-state index contributed by atoms with van der Waals surface area (Å²) in [6.45, 7) is 13.0. The van der Waals surface area contributed by atoms with Crippen LogP contribution in [-0.2, 0) is 57.5 Å². The number of carbonyl (C=O) groups excluding carboxylic acids is 8. The third-order valence-electron chi connectivity index (χ3n) is 17.2. The Morgan fingerprint density at radius 3 is 1.01 bits per heavy atom. The number of carboxylic acids is 4. The van der Waals surface area contributed by atoms with Gasteiger partial charge in [0, 0.05) is 19.0 Å². The molecule has 5 heterocycles. The van der Waals surface area contributed by atoms with Gasteiger partial charge in [-0.1, -0.05) is 121 Å². The van der Waals surface area contributed by atoms with Crippen LogP contribution >= 0.6 is 47.0 Å². The molecule has 0 saturated carbocycles. The van der Waals surface area contributed by atoms with Gasteiger partial charge in [-0.2, -0.15) is 0 Å². The Bertz CT molecular complexity index is 3680. The Hall–Kier alpha value is -8.24. The summed E-state index contributed by atoms with van der Waals surface area (Å²) in [5.41, 5.74) is 7.23. The first-order chi connectivity index (χ1) is 45.1. The highest BCUT2D eigenvalue weighted by Crippen LogP contribution is 2.51. The highest BCUT2D eigenvalue weighted by molar-refractivity contribution is 8.02. The average molecular weight is 1400 g/mol. The highest BCUT2D eigenvalue weighted by atomic mass is 32.2. The maximum absolute atomic E-state index is 15.5. The van der Waals surface area contributed by atoms with Crippen molar-refractivity contribution in [3.8, 4) is 0 Å².